The minimum Gasteiger partial charge on any atom is -0.368 e. The molecule has 1 unspecified atom stereocenters. The average Bonchev–Trinajstić information content (AvgIpc) is 2.43. The Hall–Kier alpha value is -1.12. The number of rotatable bonds is 2. The summed E-state index contributed by atoms with van der Waals surface area (Å²) in [5, 5.41) is 12.3. The number of carbonyl (C=O) groups excluding carboxylic acids is 1. The van der Waals surface area contributed by atoms with Gasteiger partial charge in [-0.1, -0.05) is 0 Å². The van der Waals surface area contributed by atoms with Crippen molar-refractivity contribution in [2.45, 2.75) is 43.7 Å². The summed E-state index contributed by atoms with van der Waals surface area (Å²) in [7, 11) is 2.04. The van der Waals surface area contributed by atoms with E-state index in [9.17, 15) is 10.1 Å². The molecule has 0 saturated carbocycles. The Morgan fingerprint density at radius 3 is 2.72 bits per heavy atom. The fourth-order valence-corrected chi connectivity index (χ4v) is 2.53. The quantitative estimate of drug-likeness (QED) is 0.783. The minimum atomic E-state index is -0.690. The van der Waals surface area contributed by atoms with Crippen molar-refractivity contribution in [1.82, 2.24) is 10.2 Å². The molecule has 0 aromatic carbocycles. The van der Waals surface area contributed by atoms with Crippen LogP contribution in [0.5, 0.6) is 0 Å². The summed E-state index contributed by atoms with van der Waals surface area (Å²) in [5.74, 6) is -0.110. The molecule has 1 amide bonds. The Morgan fingerprint density at radius 1 is 1.44 bits per heavy atom. The molecule has 2 aliphatic rings. The molecular weight excluding hydrogens is 230 g/mol. The van der Waals surface area contributed by atoms with Gasteiger partial charge < -0.3 is 15.0 Å². The van der Waals surface area contributed by atoms with Crippen molar-refractivity contribution < 1.29 is 9.53 Å². The molecule has 5 nitrogen and oxygen atoms in total. The molecule has 2 heterocycles. The van der Waals surface area contributed by atoms with Gasteiger partial charge >= 0.3 is 0 Å². The van der Waals surface area contributed by atoms with Gasteiger partial charge in [0.1, 0.15) is 11.6 Å². The van der Waals surface area contributed by atoms with Crippen LogP contribution in [-0.4, -0.2) is 49.2 Å². The SMILES string of the molecule is CN1CCC(C#N)(NC(=O)C2CCCCO2)CC1. The van der Waals surface area contributed by atoms with Gasteiger partial charge in [-0.15, -0.1) is 0 Å². The average molecular weight is 251 g/mol. The van der Waals surface area contributed by atoms with Gasteiger partial charge in [-0.05, 0) is 39.2 Å². The predicted molar refractivity (Wildman–Crippen MR) is 66.8 cm³/mol. The van der Waals surface area contributed by atoms with E-state index in [1.54, 1.807) is 0 Å². The van der Waals surface area contributed by atoms with E-state index >= 15 is 0 Å². The number of nitrogens with one attached hydrogen (secondary N) is 1. The molecule has 18 heavy (non-hydrogen) atoms. The molecular formula is C13H21N3O2. The lowest BCUT2D eigenvalue weighted by molar-refractivity contribution is -0.137. The Kier molecular flexibility index (Phi) is 4.20. The topological polar surface area (TPSA) is 65.4 Å². The van der Waals surface area contributed by atoms with Gasteiger partial charge in [0.05, 0.1) is 6.07 Å². The second kappa shape index (κ2) is 5.68. The molecule has 2 rings (SSSR count). The molecule has 100 valence electrons. The van der Waals surface area contributed by atoms with Crippen molar-refractivity contribution in [2.24, 2.45) is 0 Å². The van der Waals surface area contributed by atoms with Crippen LogP contribution in [0.3, 0.4) is 0 Å². The van der Waals surface area contributed by atoms with Crippen LogP contribution in [0.4, 0.5) is 0 Å². The van der Waals surface area contributed by atoms with Gasteiger partial charge in [-0.3, -0.25) is 4.79 Å². The third-order valence-corrected chi connectivity index (χ3v) is 3.89. The van der Waals surface area contributed by atoms with E-state index in [1.807, 2.05) is 7.05 Å². The second-order valence-corrected chi connectivity index (χ2v) is 5.34. The third-order valence-electron chi connectivity index (χ3n) is 3.89. The number of carbonyl (C=O) groups is 1. The van der Waals surface area contributed by atoms with E-state index in [-0.39, 0.29) is 12.0 Å². The van der Waals surface area contributed by atoms with Crippen LogP contribution in [0.15, 0.2) is 0 Å². The molecule has 0 radical (unpaired) electrons. The largest absolute Gasteiger partial charge is 0.368 e. The zero-order chi connectivity index (χ0) is 13.0. The molecule has 1 atom stereocenters. The monoisotopic (exact) mass is 251 g/mol. The molecule has 2 saturated heterocycles. The normalized spacial score (nSPS) is 28.3. The molecule has 1 N–H and O–H groups in total. The van der Waals surface area contributed by atoms with Crippen LogP contribution in [0.25, 0.3) is 0 Å². The zero-order valence-electron chi connectivity index (χ0n) is 10.9. The smallest absolute Gasteiger partial charge is 0.250 e. The molecule has 0 bridgehead atoms. The third kappa shape index (κ3) is 3.01. The van der Waals surface area contributed by atoms with Gasteiger partial charge in [0, 0.05) is 19.7 Å². The fraction of sp³-hybridized carbons (Fsp3) is 0.846. The van der Waals surface area contributed by atoms with Crippen molar-refractivity contribution in [2.75, 3.05) is 26.7 Å². The number of piperidine rings is 1. The Morgan fingerprint density at radius 2 is 2.17 bits per heavy atom. The first kappa shape index (κ1) is 13.3. The molecule has 0 spiro atoms. The molecule has 0 aromatic heterocycles. The van der Waals surface area contributed by atoms with Crippen LogP contribution in [0.2, 0.25) is 0 Å². The lowest BCUT2D eigenvalue weighted by Crippen LogP contribution is -2.56. The minimum absolute atomic E-state index is 0.110. The van der Waals surface area contributed by atoms with E-state index in [1.165, 1.54) is 0 Å². The summed E-state index contributed by atoms with van der Waals surface area (Å²) in [6, 6.07) is 2.29. The van der Waals surface area contributed by atoms with Crippen molar-refractivity contribution in [3.63, 3.8) is 0 Å². The Bertz CT molecular complexity index is 337. The van der Waals surface area contributed by atoms with Crippen LogP contribution >= 0.6 is 0 Å². The standard InChI is InChI=1S/C13H21N3O2/c1-16-7-5-13(10-14,6-8-16)15-12(17)11-4-2-3-9-18-11/h11H,2-9H2,1H3,(H,15,17). The summed E-state index contributed by atoms with van der Waals surface area (Å²) in [4.78, 5) is 14.3. The number of amides is 1. The Balaban J connectivity index is 1.93. The maximum Gasteiger partial charge on any atom is 0.250 e. The maximum absolute atomic E-state index is 12.1. The number of nitrogens with zero attached hydrogens (tertiary/aromatic N) is 2. The van der Waals surface area contributed by atoms with Crippen molar-refractivity contribution in [3.05, 3.63) is 0 Å². The van der Waals surface area contributed by atoms with E-state index in [2.05, 4.69) is 16.3 Å². The summed E-state index contributed by atoms with van der Waals surface area (Å²) < 4.78 is 5.46. The van der Waals surface area contributed by atoms with Crippen LogP contribution in [0.1, 0.15) is 32.1 Å². The summed E-state index contributed by atoms with van der Waals surface area (Å²) in [5.41, 5.74) is -0.690. The highest BCUT2D eigenvalue weighted by Gasteiger charge is 2.37. The number of hydrogen-bond acceptors (Lipinski definition) is 4. The molecule has 2 aliphatic heterocycles. The number of nitriles is 1. The summed E-state index contributed by atoms with van der Waals surface area (Å²) in [6.07, 6.45) is 3.85. The van der Waals surface area contributed by atoms with Gasteiger partial charge in [0.15, 0.2) is 0 Å². The summed E-state index contributed by atoms with van der Waals surface area (Å²) >= 11 is 0. The lowest BCUT2D eigenvalue weighted by Gasteiger charge is -2.37. The van der Waals surface area contributed by atoms with Crippen LogP contribution in [0, 0.1) is 11.3 Å². The highest BCUT2D eigenvalue weighted by atomic mass is 16.5. The van der Waals surface area contributed by atoms with E-state index in [4.69, 9.17) is 4.74 Å². The molecule has 2 fully saturated rings. The van der Waals surface area contributed by atoms with E-state index < -0.39 is 5.54 Å². The zero-order valence-corrected chi connectivity index (χ0v) is 10.9. The lowest BCUT2D eigenvalue weighted by atomic mass is 9.88. The maximum atomic E-state index is 12.1. The number of ether oxygens (including phenoxy) is 1. The van der Waals surface area contributed by atoms with Crippen LogP contribution in [-0.2, 0) is 9.53 Å². The van der Waals surface area contributed by atoms with Gasteiger partial charge in [-0.2, -0.15) is 5.26 Å². The molecule has 0 aromatic rings. The van der Waals surface area contributed by atoms with Crippen molar-refractivity contribution in [1.29, 1.82) is 5.26 Å². The van der Waals surface area contributed by atoms with Gasteiger partial charge in [-0.25, -0.2) is 0 Å². The highest BCUT2D eigenvalue weighted by molar-refractivity contribution is 5.82. The highest BCUT2D eigenvalue weighted by Crippen LogP contribution is 2.22. The predicted octanol–water partition coefficient (Wildman–Crippen LogP) is 0.660. The van der Waals surface area contributed by atoms with Crippen molar-refractivity contribution in [3.8, 4) is 6.07 Å². The first-order valence-corrected chi connectivity index (χ1v) is 6.69. The number of hydrogen-bond donors (Lipinski definition) is 1. The second-order valence-electron chi connectivity index (χ2n) is 5.34. The molecule has 0 aliphatic carbocycles. The fourth-order valence-electron chi connectivity index (χ4n) is 2.53. The Labute approximate surface area is 108 Å². The van der Waals surface area contributed by atoms with Gasteiger partial charge in [0.2, 0.25) is 5.91 Å². The van der Waals surface area contributed by atoms with E-state index in [0.717, 1.165) is 32.4 Å². The number of likely N-dealkylation sites (tertiary alicyclic amines) is 1. The first-order valence-electron chi connectivity index (χ1n) is 6.69. The van der Waals surface area contributed by atoms with Crippen molar-refractivity contribution >= 4 is 5.91 Å². The first-order chi connectivity index (χ1) is 8.65. The van der Waals surface area contributed by atoms with Crippen LogP contribution < -0.4 is 5.32 Å². The van der Waals surface area contributed by atoms with Gasteiger partial charge in [0.25, 0.3) is 0 Å². The molecule has 5 heteroatoms. The summed E-state index contributed by atoms with van der Waals surface area (Å²) in [6.45, 7) is 2.35. The van der Waals surface area contributed by atoms with E-state index in [0.29, 0.717) is 19.4 Å².